The van der Waals surface area contributed by atoms with Gasteiger partial charge < -0.3 is 5.32 Å². The van der Waals surface area contributed by atoms with E-state index >= 15 is 0 Å². The van der Waals surface area contributed by atoms with Crippen molar-refractivity contribution < 1.29 is 4.39 Å². The Morgan fingerprint density at radius 1 is 1.25 bits per heavy atom. The first-order chi connectivity index (χ1) is 9.58. The van der Waals surface area contributed by atoms with Crippen molar-refractivity contribution in [3.8, 4) is 0 Å². The molecule has 1 heterocycles. The lowest BCUT2D eigenvalue weighted by molar-refractivity contribution is 0.597. The van der Waals surface area contributed by atoms with Gasteiger partial charge in [0.1, 0.15) is 5.82 Å². The first-order valence-electron chi connectivity index (χ1n) is 7.04. The van der Waals surface area contributed by atoms with Gasteiger partial charge in [-0.2, -0.15) is 5.10 Å². The van der Waals surface area contributed by atoms with E-state index in [0.717, 1.165) is 24.3 Å². The fraction of sp³-hybridized carbons (Fsp3) is 0.438. The molecule has 2 aromatic rings. The lowest BCUT2D eigenvalue weighted by Crippen LogP contribution is -2.17. The van der Waals surface area contributed by atoms with Gasteiger partial charge in [0, 0.05) is 25.4 Å². The Balaban J connectivity index is 1.86. The Bertz CT molecular complexity index is 561. The summed E-state index contributed by atoms with van der Waals surface area (Å²) in [6, 6.07) is 6.93. The second-order valence-corrected chi connectivity index (χ2v) is 5.39. The molecule has 0 spiro atoms. The molecule has 3 nitrogen and oxygen atoms in total. The van der Waals surface area contributed by atoms with Crippen LogP contribution in [0.3, 0.4) is 0 Å². The van der Waals surface area contributed by atoms with Gasteiger partial charge in [0.05, 0.1) is 5.69 Å². The number of rotatable bonds is 6. The molecule has 0 amide bonds. The van der Waals surface area contributed by atoms with E-state index in [-0.39, 0.29) is 5.82 Å². The highest BCUT2D eigenvalue weighted by molar-refractivity contribution is 5.20. The van der Waals surface area contributed by atoms with E-state index in [4.69, 9.17) is 0 Å². The SMILES string of the molecule is CC(C)c1nn(C)cc1CNCCc1ccccc1F. The van der Waals surface area contributed by atoms with Crippen molar-refractivity contribution in [1.82, 2.24) is 15.1 Å². The van der Waals surface area contributed by atoms with E-state index in [1.165, 1.54) is 11.6 Å². The number of nitrogens with zero attached hydrogens (tertiary/aromatic N) is 2. The minimum Gasteiger partial charge on any atom is -0.312 e. The van der Waals surface area contributed by atoms with Crippen molar-refractivity contribution in [2.75, 3.05) is 6.54 Å². The van der Waals surface area contributed by atoms with E-state index in [2.05, 4.69) is 24.3 Å². The molecule has 0 fully saturated rings. The molecular weight excluding hydrogens is 253 g/mol. The molecule has 0 saturated heterocycles. The maximum atomic E-state index is 13.5. The highest BCUT2D eigenvalue weighted by atomic mass is 19.1. The van der Waals surface area contributed by atoms with Gasteiger partial charge in [0.25, 0.3) is 0 Å². The van der Waals surface area contributed by atoms with E-state index in [1.807, 2.05) is 30.1 Å². The van der Waals surface area contributed by atoms with Crippen LogP contribution >= 0.6 is 0 Å². The summed E-state index contributed by atoms with van der Waals surface area (Å²) in [6.45, 7) is 5.82. The molecular formula is C16H22FN3. The molecule has 0 bridgehead atoms. The van der Waals surface area contributed by atoms with Crippen molar-refractivity contribution >= 4 is 0 Å². The molecule has 1 aromatic heterocycles. The third-order valence-corrected chi connectivity index (χ3v) is 3.33. The van der Waals surface area contributed by atoms with Crippen molar-refractivity contribution in [3.63, 3.8) is 0 Å². The summed E-state index contributed by atoms with van der Waals surface area (Å²) in [4.78, 5) is 0. The highest BCUT2D eigenvalue weighted by Crippen LogP contribution is 2.16. The second kappa shape index (κ2) is 6.66. The lowest BCUT2D eigenvalue weighted by Gasteiger charge is -2.07. The molecule has 0 atom stereocenters. The van der Waals surface area contributed by atoms with E-state index in [1.54, 1.807) is 6.07 Å². The van der Waals surface area contributed by atoms with E-state index in [0.29, 0.717) is 12.3 Å². The van der Waals surface area contributed by atoms with Gasteiger partial charge in [0.15, 0.2) is 0 Å². The molecule has 0 unspecified atom stereocenters. The standard InChI is InChI=1S/C16H22FN3/c1-12(2)16-14(11-20(3)19-16)10-18-9-8-13-6-4-5-7-15(13)17/h4-7,11-12,18H,8-10H2,1-3H3. The number of hydrogen-bond acceptors (Lipinski definition) is 2. The first kappa shape index (κ1) is 14.7. The van der Waals surface area contributed by atoms with Crippen LogP contribution in [-0.4, -0.2) is 16.3 Å². The molecule has 1 aromatic carbocycles. The summed E-state index contributed by atoms with van der Waals surface area (Å²) < 4.78 is 15.3. The van der Waals surface area contributed by atoms with Gasteiger partial charge in [-0.3, -0.25) is 4.68 Å². The fourth-order valence-electron chi connectivity index (χ4n) is 2.32. The van der Waals surface area contributed by atoms with Crippen molar-refractivity contribution in [2.45, 2.75) is 32.7 Å². The van der Waals surface area contributed by atoms with Crippen LogP contribution in [0.1, 0.15) is 36.6 Å². The summed E-state index contributed by atoms with van der Waals surface area (Å²) in [5.41, 5.74) is 3.11. The Morgan fingerprint density at radius 2 is 2.00 bits per heavy atom. The summed E-state index contributed by atoms with van der Waals surface area (Å²) in [6.07, 6.45) is 2.75. The van der Waals surface area contributed by atoms with E-state index in [9.17, 15) is 4.39 Å². The number of halogens is 1. The van der Waals surface area contributed by atoms with Crippen LogP contribution in [0, 0.1) is 5.82 Å². The number of nitrogens with one attached hydrogen (secondary N) is 1. The lowest BCUT2D eigenvalue weighted by atomic mass is 10.1. The second-order valence-electron chi connectivity index (χ2n) is 5.39. The Labute approximate surface area is 119 Å². The number of benzene rings is 1. The molecule has 0 aliphatic rings. The quantitative estimate of drug-likeness (QED) is 0.821. The van der Waals surface area contributed by atoms with Gasteiger partial charge in [-0.1, -0.05) is 32.0 Å². The molecule has 1 N–H and O–H groups in total. The van der Waals surface area contributed by atoms with Crippen molar-refractivity contribution in [2.24, 2.45) is 7.05 Å². The molecule has 0 aliphatic heterocycles. The highest BCUT2D eigenvalue weighted by Gasteiger charge is 2.10. The smallest absolute Gasteiger partial charge is 0.126 e. The van der Waals surface area contributed by atoms with Crippen LogP contribution < -0.4 is 5.32 Å². The van der Waals surface area contributed by atoms with Gasteiger partial charge in [-0.15, -0.1) is 0 Å². The predicted molar refractivity (Wildman–Crippen MR) is 79.1 cm³/mol. The maximum Gasteiger partial charge on any atom is 0.126 e. The summed E-state index contributed by atoms with van der Waals surface area (Å²) in [5, 5.41) is 7.84. The number of aromatic nitrogens is 2. The van der Waals surface area contributed by atoms with Gasteiger partial charge in [-0.05, 0) is 30.5 Å². The first-order valence-corrected chi connectivity index (χ1v) is 7.04. The van der Waals surface area contributed by atoms with Crippen molar-refractivity contribution in [3.05, 3.63) is 53.1 Å². The van der Waals surface area contributed by atoms with E-state index < -0.39 is 0 Å². The van der Waals surface area contributed by atoms with Crippen LogP contribution in [0.25, 0.3) is 0 Å². The molecule has 2 rings (SSSR count). The summed E-state index contributed by atoms with van der Waals surface area (Å²) >= 11 is 0. The molecule has 4 heteroatoms. The summed E-state index contributed by atoms with van der Waals surface area (Å²) in [5.74, 6) is 0.290. The Hall–Kier alpha value is -1.68. The topological polar surface area (TPSA) is 29.9 Å². The predicted octanol–water partition coefficient (Wildman–Crippen LogP) is 3.01. The van der Waals surface area contributed by atoms with Crippen LogP contribution in [0.5, 0.6) is 0 Å². The van der Waals surface area contributed by atoms with Crippen molar-refractivity contribution in [1.29, 1.82) is 0 Å². The van der Waals surface area contributed by atoms with Gasteiger partial charge in [-0.25, -0.2) is 4.39 Å². The van der Waals surface area contributed by atoms with Crippen LogP contribution in [0.15, 0.2) is 30.5 Å². The Morgan fingerprint density at radius 3 is 2.70 bits per heavy atom. The number of aryl methyl sites for hydroxylation is 1. The molecule has 0 aliphatic carbocycles. The Kier molecular flexibility index (Phi) is 4.90. The van der Waals surface area contributed by atoms with Crippen LogP contribution in [0.2, 0.25) is 0 Å². The average Bonchev–Trinajstić information content (AvgIpc) is 2.78. The number of hydrogen-bond donors (Lipinski definition) is 1. The minimum atomic E-state index is -0.126. The molecule has 0 saturated carbocycles. The monoisotopic (exact) mass is 275 g/mol. The normalized spacial score (nSPS) is 11.2. The third kappa shape index (κ3) is 3.67. The largest absolute Gasteiger partial charge is 0.312 e. The zero-order valence-electron chi connectivity index (χ0n) is 12.4. The fourth-order valence-corrected chi connectivity index (χ4v) is 2.32. The average molecular weight is 275 g/mol. The van der Waals surface area contributed by atoms with Crippen LogP contribution in [0.4, 0.5) is 4.39 Å². The molecule has 0 radical (unpaired) electrons. The summed E-state index contributed by atoms with van der Waals surface area (Å²) in [7, 11) is 1.94. The zero-order chi connectivity index (χ0) is 14.5. The van der Waals surface area contributed by atoms with Crippen LogP contribution in [-0.2, 0) is 20.0 Å². The maximum absolute atomic E-state index is 13.5. The van der Waals surface area contributed by atoms with Gasteiger partial charge in [0.2, 0.25) is 0 Å². The molecule has 108 valence electrons. The minimum absolute atomic E-state index is 0.126. The van der Waals surface area contributed by atoms with Gasteiger partial charge >= 0.3 is 0 Å². The zero-order valence-corrected chi connectivity index (χ0v) is 12.4. The molecule has 20 heavy (non-hydrogen) atoms. The third-order valence-electron chi connectivity index (χ3n) is 3.33.